The number of halogens is 2. The zero-order chi connectivity index (χ0) is 16.7. The second-order valence-corrected chi connectivity index (χ2v) is 5.85. The number of hydrogen-bond donors (Lipinski definition) is 2. The summed E-state index contributed by atoms with van der Waals surface area (Å²) in [7, 11) is 1.82. The normalized spacial score (nSPS) is 14.8. The Bertz CT molecular complexity index is 531. The van der Waals surface area contributed by atoms with E-state index >= 15 is 0 Å². The SMILES string of the molecule is CNCCC(=O)N1CCC(C(=O)NCc2ccc(F)cc2)CC1.Cl. The van der Waals surface area contributed by atoms with Crippen molar-refractivity contribution in [2.24, 2.45) is 5.92 Å². The molecule has 1 aliphatic rings. The van der Waals surface area contributed by atoms with Gasteiger partial charge < -0.3 is 15.5 Å². The lowest BCUT2D eigenvalue weighted by Gasteiger charge is -2.31. The Morgan fingerprint density at radius 1 is 1.21 bits per heavy atom. The summed E-state index contributed by atoms with van der Waals surface area (Å²) in [6.45, 7) is 2.35. The van der Waals surface area contributed by atoms with Gasteiger partial charge in [-0.15, -0.1) is 12.4 Å². The van der Waals surface area contributed by atoms with Gasteiger partial charge in [0, 0.05) is 38.5 Å². The second-order valence-electron chi connectivity index (χ2n) is 5.85. The molecule has 1 fully saturated rings. The Labute approximate surface area is 148 Å². The first-order valence-corrected chi connectivity index (χ1v) is 8.04. The van der Waals surface area contributed by atoms with Crippen molar-refractivity contribution in [3.63, 3.8) is 0 Å². The van der Waals surface area contributed by atoms with Crippen LogP contribution in [0.5, 0.6) is 0 Å². The van der Waals surface area contributed by atoms with E-state index in [4.69, 9.17) is 0 Å². The van der Waals surface area contributed by atoms with Crippen LogP contribution in [0, 0.1) is 11.7 Å². The van der Waals surface area contributed by atoms with Gasteiger partial charge in [0.15, 0.2) is 0 Å². The van der Waals surface area contributed by atoms with Gasteiger partial charge in [-0.1, -0.05) is 12.1 Å². The number of nitrogens with one attached hydrogen (secondary N) is 2. The van der Waals surface area contributed by atoms with Crippen LogP contribution < -0.4 is 10.6 Å². The summed E-state index contributed by atoms with van der Waals surface area (Å²) >= 11 is 0. The molecule has 1 aromatic rings. The van der Waals surface area contributed by atoms with E-state index in [1.165, 1.54) is 12.1 Å². The van der Waals surface area contributed by atoms with E-state index in [1.807, 2.05) is 11.9 Å². The quantitative estimate of drug-likeness (QED) is 0.814. The molecule has 0 aromatic heterocycles. The number of piperidine rings is 1. The van der Waals surface area contributed by atoms with Crippen LogP contribution in [0.1, 0.15) is 24.8 Å². The maximum atomic E-state index is 12.8. The first-order chi connectivity index (χ1) is 11.1. The molecule has 2 amide bonds. The van der Waals surface area contributed by atoms with Crippen molar-refractivity contribution >= 4 is 24.2 Å². The predicted molar refractivity (Wildman–Crippen MR) is 93.3 cm³/mol. The zero-order valence-corrected chi connectivity index (χ0v) is 14.7. The summed E-state index contributed by atoms with van der Waals surface area (Å²) in [6, 6.07) is 6.10. The van der Waals surface area contributed by atoms with Crippen LogP contribution in [-0.2, 0) is 16.1 Å². The minimum atomic E-state index is -0.282. The summed E-state index contributed by atoms with van der Waals surface area (Å²) in [5.41, 5.74) is 0.874. The van der Waals surface area contributed by atoms with Crippen LogP contribution in [0.4, 0.5) is 4.39 Å². The molecule has 2 rings (SSSR count). The highest BCUT2D eigenvalue weighted by Gasteiger charge is 2.26. The van der Waals surface area contributed by atoms with Crippen molar-refractivity contribution in [3.8, 4) is 0 Å². The average Bonchev–Trinajstić information content (AvgIpc) is 2.59. The zero-order valence-electron chi connectivity index (χ0n) is 13.9. The maximum Gasteiger partial charge on any atom is 0.223 e. The van der Waals surface area contributed by atoms with Crippen molar-refractivity contribution in [1.82, 2.24) is 15.5 Å². The third-order valence-electron chi connectivity index (χ3n) is 4.19. The van der Waals surface area contributed by atoms with E-state index in [1.54, 1.807) is 12.1 Å². The van der Waals surface area contributed by atoms with Crippen molar-refractivity contribution in [2.75, 3.05) is 26.7 Å². The molecule has 1 heterocycles. The third-order valence-corrected chi connectivity index (χ3v) is 4.19. The fourth-order valence-corrected chi connectivity index (χ4v) is 2.72. The molecule has 0 aliphatic carbocycles. The number of carbonyl (C=O) groups excluding carboxylic acids is 2. The van der Waals surface area contributed by atoms with Crippen LogP contribution in [0.15, 0.2) is 24.3 Å². The lowest BCUT2D eigenvalue weighted by molar-refractivity contribution is -0.135. The molecular weight excluding hydrogens is 333 g/mol. The molecule has 0 unspecified atom stereocenters. The Morgan fingerprint density at radius 2 is 1.83 bits per heavy atom. The van der Waals surface area contributed by atoms with Crippen LogP contribution >= 0.6 is 12.4 Å². The van der Waals surface area contributed by atoms with E-state index in [0.717, 1.165) is 5.56 Å². The highest BCUT2D eigenvalue weighted by molar-refractivity contribution is 5.85. The van der Waals surface area contributed by atoms with E-state index in [-0.39, 0.29) is 36.0 Å². The molecule has 7 heteroatoms. The van der Waals surface area contributed by atoms with E-state index in [9.17, 15) is 14.0 Å². The number of rotatable bonds is 6. The van der Waals surface area contributed by atoms with Crippen LogP contribution in [0.3, 0.4) is 0 Å². The molecule has 1 aromatic carbocycles. The molecule has 24 heavy (non-hydrogen) atoms. The monoisotopic (exact) mass is 357 g/mol. The Balaban J connectivity index is 0.00000288. The highest BCUT2D eigenvalue weighted by Crippen LogP contribution is 2.18. The number of amides is 2. The summed E-state index contributed by atoms with van der Waals surface area (Å²) in [6.07, 6.45) is 1.89. The molecule has 1 aliphatic heterocycles. The van der Waals surface area contributed by atoms with Gasteiger partial charge in [0.1, 0.15) is 5.82 Å². The van der Waals surface area contributed by atoms with E-state index in [0.29, 0.717) is 45.4 Å². The maximum absolute atomic E-state index is 12.8. The summed E-state index contributed by atoms with van der Waals surface area (Å²) in [4.78, 5) is 25.9. The van der Waals surface area contributed by atoms with Gasteiger partial charge >= 0.3 is 0 Å². The lowest BCUT2D eigenvalue weighted by Crippen LogP contribution is -2.43. The Kier molecular flexibility index (Phi) is 8.71. The predicted octanol–water partition coefficient (Wildman–Crippen LogP) is 1.71. The van der Waals surface area contributed by atoms with Gasteiger partial charge in [0.25, 0.3) is 0 Å². The largest absolute Gasteiger partial charge is 0.352 e. The molecule has 134 valence electrons. The summed E-state index contributed by atoms with van der Waals surface area (Å²) in [5, 5.41) is 5.86. The molecule has 5 nitrogen and oxygen atoms in total. The number of nitrogens with zero attached hydrogens (tertiary/aromatic N) is 1. The minimum Gasteiger partial charge on any atom is -0.352 e. The second kappa shape index (κ2) is 10.3. The van der Waals surface area contributed by atoms with Crippen molar-refractivity contribution in [2.45, 2.75) is 25.8 Å². The van der Waals surface area contributed by atoms with Gasteiger partial charge in [-0.2, -0.15) is 0 Å². The van der Waals surface area contributed by atoms with Gasteiger partial charge in [-0.3, -0.25) is 9.59 Å². The standard InChI is InChI=1S/C17H24FN3O2.ClH/c1-19-9-6-16(22)21-10-7-14(8-11-21)17(23)20-12-13-2-4-15(18)5-3-13;/h2-5,14,19H,6-12H2,1H3,(H,20,23);1H. The van der Waals surface area contributed by atoms with Gasteiger partial charge in [0.2, 0.25) is 11.8 Å². The van der Waals surface area contributed by atoms with Crippen LogP contribution in [0.25, 0.3) is 0 Å². The van der Waals surface area contributed by atoms with Crippen molar-refractivity contribution in [1.29, 1.82) is 0 Å². The molecule has 1 saturated heterocycles. The van der Waals surface area contributed by atoms with Crippen molar-refractivity contribution in [3.05, 3.63) is 35.6 Å². The highest BCUT2D eigenvalue weighted by atomic mass is 35.5. The molecule has 0 atom stereocenters. The molecule has 0 saturated carbocycles. The van der Waals surface area contributed by atoms with E-state index < -0.39 is 0 Å². The number of carbonyl (C=O) groups is 2. The van der Waals surface area contributed by atoms with Crippen molar-refractivity contribution < 1.29 is 14.0 Å². The number of benzene rings is 1. The van der Waals surface area contributed by atoms with E-state index in [2.05, 4.69) is 10.6 Å². The smallest absolute Gasteiger partial charge is 0.223 e. The third kappa shape index (κ3) is 6.09. The van der Waals surface area contributed by atoms with Gasteiger partial charge in [-0.05, 0) is 37.6 Å². The topological polar surface area (TPSA) is 61.4 Å². The first-order valence-electron chi connectivity index (χ1n) is 8.04. The fourth-order valence-electron chi connectivity index (χ4n) is 2.72. The van der Waals surface area contributed by atoms with Crippen LogP contribution in [-0.4, -0.2) is 43.4 Å². The molecule has 0 spiro atoms. The summed E-state index contributed by atoms with van der Waals surface area (Å²) < 4.78 is 12.8. The Hall–Kier alpha value is -1.66. The number of hydrogen-bond acceptors (Lipinski definition) is 3. The van der Waals surface area contributed by atoms with Gasteiger partial charge in [-0.25, -0.2) is 4.39 Å². The molecule has 2 N–H and O–H groups in total. The lowest BCUT2D eigenvalue weighted by atomic mass is 9.95. The summed E-state index contributed by atoms with van der Waals surface area (Å²) in [5.74, 6) is -0.180. The average molecular weight is 358 g/mol. The number of likely N-dealkylation sites (tertiary alicyclic amines) is 1. The van der Waals surface area contributed by atoms with Crippen LogP contribution in [0.2, 0.25) is 0 Å². The minimum absolute atomic E-state index is 0. The fraction of sp³-hybridized carbons (Fsp3) is 0.529. The molecule has 0 radical (unpaired) electrons. The first kappa shape index (κ1) is 20.4. The Morgan fingerprint density at radius 3 is 2.42 bits per heavy atom. The van der Waals surface area contributed by atoms with Gasteiger partial charge in [0.05, 0.1) is 0 Å². The molecular formula is C17H25ClFN3O2. The molecule has 0 bridgehead atoms.